The largest absolute Gasteiger partial charge is 0.419 e. The van der Waals surface area contributed by atoms with E-state index in [0.717, 1.165) is 6.42 Å². The van der Waals surface area contributed by atoms with Crippen molar-refractivity contribution in [3.63, 3.8) is 0 Å². The summed E-state index contributed by atoms with van der Waals surface area (Å²) in [6, 6.07) is 0. The highest BCUT2D eigenvalue weighted by Gasteiger charge is 2.45. The predicted octanol–water partition coefficient (Wildman–Crippen LogP) is 2.40. The van der Waals surface area contributed by atoms with Crippen molar-refractivity contribution >= 4 is 24.0 Å². The van der Waals surface area contributed by atoms with Gasteiger partial charge in [-0.15, -0.1) is 0 Å². The molecule has 0 bridgehead atoms. The van der Waals surface area contributed by atoms with Crippen molar-refractivity contribution in [2.75, 3.05) is 0 Å². The number of carbonyl (C=O) groups excluding carboxylic acids is 1. The van der Waals surface area contributed by atoms with Crippen molar-refractivity contribution in [1.82, 2.24) is 5.32 Å². The molecule has 1 saturated heterocycles. The smallest absolute Gasteiger partial charge is 0.229 e. The van der Waals surface area contributed by atoms with Crippen LogP contribution in [0.3, 0.4) is 0 Å². The second-order valence-electron chi connectivity index (χ2n) is 8.58. The molecule has 1 N–H and O–H groups in total. The molecule has 1 amide bonds. The Balaban J connectivity index is 2.54. The molecule has 1 aliphatic heterocycles. The second-order valence-corrected chi connectivity index (χ2v) is 15.7. The third-order valence-electron chi connectivity index (χ3n) is 3.07. The van der Waals surface area contributed by atoms with E-state index in [1.54, 1.807) is 0 Å². The lowest BCUT2D eigenvalue weighted by atomic mass is 9.87. The predicted molar refractivity (Wildman–Crippen MR) is 87.9 cm³/mol. The van der Waals surface area contributed by atoms with Crippen molar-refractivity contribution in [3.8, 4) is 0 Å². The van der Waals surface area contributed by atoms with E-state index in [1.165, 1.54) is 0 Å². The fourth-order valence-electron chi connectivity index (χ4n) is 2.08. The molecule has 1 heterocycles. The lowest BCUT2D eigenvalue weighted by Gasteiger charge is -2.43. The fraction of sp³-hybridized carbons (Fsp3) is 0.929. The Morgan fingerprint density at radius 1 is 1.20 bits per heavy atom. The molecule has 0 aliphatic carbocycles. The topological polar surface area (TPSA) is 47.6 Å². The zero-order valence-electron chi connectivity index (χ0n) is 14.3. The van der Waals surface area contributed by atoms with E-state index in [-0.39, 0.29) is 28.7 Å². The first kappa shape index (κ1) is 17.9. The summed E-state index contributed by atoms with van der Waals surface area (Å²) in [7, 11) is -2.24. The minimum absolute atomic E-state index is 0.0642. The average Bonchev–Trinajstić information content (AvgIpc) is 2.21. The van der Waals surface area contributed by atoms with E-state index in [4.69, 9.17) is 8.85 Å². The van der Waals surface area contributed by atoms with Crippen molar-refractivity contribution in [2.24, 2.45) is 5.92 Å². The Hall–Kier alpha value is -0.176. The van der Waals surface area contributed by atoms with Gasteiger partial charge in [0, 0.05) is 0 Å². The number of carbonyl (C=O) groups is 1. The molecular weight excluding hydrogens is 286 g/mol. The van der Waals surface area contributed by atoms with Gasteiger partial charge in [0.25, 0.3) is 0 Å². The molecule has 0 aromatic rings. The molecule has 20 heavy (non-hydrogen) atoms. The summed E-state index contributed by atoms with van der Waals surface area (Å²) in [5, 5.41) is 3.14. The quantitative estimate of drug-likeness (QED) is 0.604. The fourth-order valence-corrected chi connectivity index (χ4v) is 4.01. The van der Waals surface area contributed by atoms with Crippen LogP contribution in [-0.2, 0) is 13.6 Å². The van der Waals surface area contributed by atoms with Gasteiger partial charge in [-0.1, -0.05) is 20.8 Å². The molecule has 6 heteroatoms. The molecular formula is C14H31NO3Si2. The molecule has 0 aromatic heterocycles. The average molecular weight is 318 g/mol. The number of rotatable bonds is 6. The summed E-state index contributed by atoms with van der Waals surface area (Å²) in [6.07, 6.45) is 0.616. The number of amides is 1. The maximum Gasteiger partial charge on any atom is 0.229 e. The van der Waals surface area contributed by atoms with Crippen molar-refractivity contribution in [1.29, 1.82) is 0 Å². The van der Waals surface area contributed by atoms with Crippen LogP contribution in [0.4, 0.5) is 0 Å². The third-order valence-corrected chi connectivity index (χ3v) is 5.83. The van der Waals surface area contributed by atoms with Gasteiger partial charge in [0.15, 0.2) is 18.1 Å². The molecule has 1 fully saturated rings. The van der Waals surface area contributed by atoms with Crippen LogP contribution in [-0.4, -0.2) is 35.8 Å². The summed E-state index contributed by atoms with van der Waals surface area (Å²) in [5.41, 5.74) is -0.247. The van der Waals surface area contributed by atoms with Crippen LogP contribution in [0.1, 0.15) is 41.0 Å². The lowest BCUT2D eigenvalue weighted by Crippen LogP contribution is -2.63. The SMILES string of the molecule is CC(C)(CC1C(=O)NC1O[Si](C)(C)C)O[SiH2]C(C)(C)C. The first-order chi connectivity index (χ1) is 8.79. The first-order valence-corrected chi connectivity index (χ1v) is 12.1. The molecule has 2 atom stereocenters. The first-order valence-electron chi connectivity index (χ1n) is 7.41. The highest BCUT2D eigenvalue weighted by molar-refractivity contribution is 6.69. The van der Waals surface area contributed by atoms with E-state index < -0.39 is 18.1 Å². The van der Waals surface area contributed by atoms with Gasteiger partial charge in [0.05, 0.1) is 11.5 Å². The van der Waals surface area contributed by atoms with E-state index in [9.17, 15) is 4.79 Å². The number of nitrogens with one attached hydrogen (secondary N) is 1. The molecule has 0 saturated carbocycles. The Kier molecular flexibility index (Phi) is 5.28. The molecule has 1 rings (SSSR count). The number of hydrogen-bond acceptors (Lipinski definition) is 3. The van der Waals surface area contributed by atoms with Gasteiger partial charge in [-0.25, -0.2) is 0 Å². The van der Waals surface area contributed by atoms with Crippen molar-refractivity contribution in [2.45, 2.75) is 77.5 Å². The minimum atomic E-state index is -1.63. The summed E-state index contributed by atoms with van der Waals surface area (Å²) in [5.74, 6) is 0.0352. The molecule has 0 aromatic carbocycles. The molecule has 0 radical (unpaired) electrons. The van der Waals surface area contributed by atoms with Crippen molar-refractivity contribution < 1.29 is 13.6 Å². The zero-order valence-corrected chi connectivity index (χ0v) is 16.7. The lowest BCUT2D eigenvalue weighted by molar-refractivity contribution is -0.148. The van der Waals surface area contributed by atoms with E-state index >= 15 is 0 Å². The summed E-state index contributed by atoms with van der Waals surface area (Å²) < 4.78 is 12.2. The second kappa shape index (κ2) is 5.90. The third kappa shape index (κ3) is 6.07. The molecule has 2 unspecified atom stereocenters. The van der Waals surface area contributed by atoms with Gasteiger partial charge in [0.2, 0.25) is 5.91 Å². The normalized spacial score (nSPS) is 24.9. The minimum Gasteiger partial charge on any atom is -0.419 e. The van der Waals surface area contributed by atoms with Crippen molar-refractivity contribution in [3.05, 3.63) is 0 Å². The Morgan fingerprint density at radius 3 is 2.15 bits per heavy atom. The van der Waals surface area contributed by atoms with Gasteiger partial charge < -0.3 is 14.2 Å². The maximum atomic E-state index is 11.8. The molecule has 4 nitrogen and oxygen atoms in total. The van der Waals surface area contributed by atoms with Gasteiger partial charge in [-0.3, -0.25) is 4.79 Å². The summed E-state index contributed by atoms with van der Waals surface area (Å²) in [4.78, 5) is 11.8. The van der Waals surface area contributed by atoms with Crippen LogP contribution >= 0.6 is 0 Å². The van der Waals surface area contributed by atoms with Crippen LogP contribution in [0.2, 0.25) is 24.7 Å². The maximum absolute atomic E-state index is 11.8. The highest BCUT2D eigenvalue weighted by atomic mass is 28.4. The van der Waals surface area contributed by atoms with E-state index in [0.29, 0.717) is 0 Å². The Morgan fingerprint density at radius 2 is 1.75 bits per heavy atom. The summed E-state index contributed by atoms with van der Waals surface area (Å²) in [6.45, 7) is 17.2. The highest BCUT2D eigenvalue weighted by Crippen LogP contribution is 2.32. The monoisotopic (exact) mass is 317 g/mol. The molecule has 1 aliphatic rings. The summed E-state index contributed by atoms with van der Waals surface area (Å²) >= 11 is 0. The van der Waals surface area contributed by atoms with Gasteiger partial charge in [0.1, 0.15) is 6.23 Å². The van der Waals surface area contributed by atoms with E-state index in [2.05, 4.69) is 59.6 Å². The van der Waals surface area contributed by atoms with Gasteiger partial charge in [-0.2, -0.15) is 0 Å². The molecule has 0 spiro atoms. The van der Waals surface area contributed by atoms with Crippen LogP contribution in [0, 0.1) is 5.92 Å². The van der Waals surface area contributed by atoms with Gasteiger partial charge in [-0.05, 0) is 44.9 Å². The van der Waals surface area contributed by atoms with Gasteiger partial charge >= 0.3 is 0 Å². The zero-order chi connectivity index (χ0) is 15.8. The Labute approximate surface area is 127 Å². The van der Waals surface area contributed by atoms with Crippen LogP contribution in [0.5, 0.6) is 0 Å². The standard InChI is InChI=1S/C14H31NO3Si2/c1-13(2,3)19-18-14(4,5)9-10-11(16)15-12(10)17-20(6,7)8/h10,12H,9,19H2,1-8H3,(H,15,16). The van der Waals surface area contributed by atoms with Crippen LogP contribution in [0.25, 0.3) is 0 Å². The van der Waals surface area contributed by atoms with E-state index in [1.807, 2.05) is 0 Å². The van der Waals surface area contributed by atoms with Crippen LogP contribution in [0.15, 0.2) is 0 Å². The Bertz CT molecular complexity index is 358. The number of β-lactam (4-membered cyclic amide) rings is 1. The molecule has 118 valence electrons. The number of hydrogen-bond donors (Lipinski definition) is 1. The van der Waals surface area contributed by atoms with Crippen LogP contribution < -0.4 is 5.32 Å².